The number of aromatic nitrogens is 3. The number of hydrogen-bond donors (Lipinski definition) is 2. The van der Waals surface area contributed by atoms with E-state index in [0.717, 1.165) is 27.9 Å². The Kier molecular flexibility index (Phi) is 5.03. The van der Waals surface area contributed by atoms with E-state index < -0.39 is 6.23 Å². The zero-order valence-electron chi connectivity index (χ0n) is 17.7. The van der Waals surface area contributed by atoms with Gasteiger partial charge in [-0.2, -0.15) is 0 Å². The molecule has 0 radical (unpaired) electrons. The molecule has 5 rings (SSSR count). The minimum Gasteiger partial charge on any atom is -0.369 e. The highest BCUT2D eigenvalue weighted by Gasteiger charge is 2.32. The van der Waals surface area contributed by atoms with Crippen LogP contribution in [0.3, 0.4) is 0 Å². The molecule has 0 amide bonds. The zero-order chi connectivity index (χ0) is 22.2. The minimum absolute atomic E-state index is 0.276. The van der Waals surface area contributed by atoms with Gasteiger partial charge in [0.2, 0.25) is 0 Å². The van der Waals surface area contributed by atoms with Gasteiger partial charge in [-0.3, -0.25) is 4.98 Å². The highest BCUT2D eigenvalue weighted by atomic mass is 19.1. The number of nitrogens with zero attached hydrogens (tertiary/aromatic N) is 4. The molecule has 4 aromatic rings. The molecule has 1 unspecified atom stereocenters. The summed E-state index contributed by atoms with van der Waals surface area (Å²) in [4.78, 5) is 14.8. The van der Waals surface area contributed by atoms with Gasteiger partial charge in [-0.25, -0.2) is 14.4 Å². The van der Waals surface area contributed by atoms with Crippen LogP contribution in [0.5, 0.6) is 0 Å². The summed E-state index contributed by atoms with van der Waals surface area (Å²) in [5.74, 6) is 0.226. The predicted octanol–water partition coefficient (Wildman–Crippen LogP) is 4.82. The maximum absolute atomic E-state index is 14.1. The van der Waals surface area contributed by atoms with Gasteiger partial charge in [0.1, 0.15) is 17.7 Å². The molecule has 2 aromatic carbocycles. The van der Waals surface area contributed by atoms with E-state index >= 15 is 0 Å². The summed E-state index contributed by atoms with van der Waals surface area (Å²) in [6.45, 7) is 3.94. The molecule has 2 aromatic heterocycles. The number of rotatable bonds is 4. The average molecular weight is 427 g/mol. The molecule has 32 heavy (non-hydrogen) atoms. The smallest absolute Gasteiger partial charge is 0.158 e. The van der Waals surface area contributed by atoms with Crippen LogP contribution in [0.2, 0.25) is 0 Å². The summed E-state index contributed by atoms with van der Waals surface area (Å²) >= 11 is 0. The van der Waals surface area contributed by atoms with Gasteiger partial charge >= 0.3 is 0 Å². The van der Waals surface area contributed by atoms with Crippen LogP contribution in [-0.2, 0) is 0 Å². The number of aliphatic hydroxyl groups is 1. The Bertz CT molecular complexity index is 1330. The SMILES string of the molecule is Cc1cccc2c1C(O)N(c1cccc(F)c1)C([C@H](C)Nc1ncnc3cccnc13)=C2. The third-order valence-corrected chi connectivity index (χ3v) is 5.72. The number of halogens is 1. The van der Waals surface area contributed by atoms with Crippen LogP contribution in [0.4, 0.5) is 15.9 Å². The molecule has 0 saturated carbocycles. The standard InChI is InChI=1S/C25H22FN5O/c1-15-6-3-7-17-12-21(31(25(32)22(15)17)19-9-4-8-18(26)13-19)16(2)30-24-23-20(28-14-29-24)10-5-11-27-23/h3-14,16,25,32H,1-2H3,(H,28,29,30)/t16-,25?/m0/s1. The maximum Gasteiger partial charge on any atom is 0.158 e. The van der Waals surface area contributed by atoms with Crippen LogP contribution < -0.4 is 10.2 Å². The Hall–Kier alpha value is -3.84. The molecule has 1 aliphatic heterocycles. The van der Waals surface area contributed by atoms with Gasteiger partial charge in [0.15, 0.2) is 12.0 Å². The van der Waals surface area contributed by atoms with Crippen molar-refractivity contribution in [3.8, 4) is 0 Å². The number of pyridine rings is 1. The zero-order valence-corrected chi connectivity index (χ0v) is 17.7. The average Bonchev–Trinajstić information content (AvgIpc) is 2.79. The van der Waals surface area contributed by atoms with Crippen LogP contribution in [0, 0.1) is 12.7 Å². The Morgan fingerprint density at radius 1 is 1.06 bits per heavy atom. The van der Waals surface area contributed by atoms with Gasteiger partial charge in [-0.1, -0.05) is 24.3 Å². The number of aliphatic hydroxyl groups excluding tert-OH is 1. The Morgan fingerprint density at radius 2 is 1.91 bits per heavy atom. The molecule has 7 heteroatoms. The second kappa shape index (κ2) is 8.01. The van der Waals surface area contributed by atoms with Gasteiger partial charge in [0.25, 0.3) is 0 Å². The van der Waals surface area contributed by atoms with Crippen LogP contribution in [0.25, 0.3) is 17.1 Å². The van der Waals surface area contributed by atoms with E-state index in [2.05, 4.69) is 20.3 Å². The largest absolute Gasteiger partial charge is 0.369 e. The molecule has 2 N–H and O–H groups in total. The maximum atomic E-state index is 14.1. The van der Waals surface area contributed by atoms with Crippen molar-refractivity contribution in [2.75, 3.05) is 10.2 Å². The van der Waals surface area contributed by atoms with Gasteiger partial charge < -0.3 is 15.3 Å². The van der Waals surface area contributed by atoms with E-state index in [0.29, 0.717) is 17.0 Å². The summed E-state index contributed by atoms with van der Waals surface area (Å²) in [5, 5.41) is 14.8. The van der Waals surface area contributed by atoms with Crippen molar-refractivity contribution in [2.24, 2.45) is 0 Å². The lowest BCUT2D eigenvalue weighted by molar-refractivity contribution is 0.176. The van der Waals surface area contributed by atoms with Crippen LogP contribution >= 0.6 is 0 Å². The summed E-state index contributed by atoms with van der Waals surface area (Å²) in [6.07, 6.45) is 4.25. The molecule has 2 atom stereocenters. The molecular formula is C25H22FN5O. The molecule has 0 aliphatic carbocycles. The summed E-state index contributed by atoms with van der Waals surface area (Å²) in [5.41, 5.74) is 5.45. The lowest BCUT2D eigenvalue weighted by Crippen LogP contribution is -2.38. The second-order valence-electron chi connectivity index (χ2n) is 7.83. The van der Waals surface area contributed by atoms with Crippen molar-refractivity contribution >= 4 is 28.6 Å². The van der Waals surface area contributed by atoms with Crippen molar-refractivity contribution in [3.05, 3.63) is 95.3 Å². The normalized spacial score (nSPS) is 16.4. The van der Waals surface area contributed by atoms with Crippen molar-refractivity contribution < 1.29 is 9.50 Å². The summed E-state index contributed by atoms with van der Waals surface area (Å²) < 4.78 is 14.1. The topological polar surface area (TPSA) is 74.2 Å². The Balaban J connectivity index is 1.61. The minimum atomic E-state index is -0.961. The van der Waals surface area contributed by atoms with E-state index in [-0.39, 0.29) is 11.9 Å². The third kappa shape index (κ3) is 3.46. The van der Waals surface area contributed by atoms with Crippen molar-refractivity contribution in [2.45, 2.75) is 26.1 Å². The molecule has 6 nitrogen and oxygen atoms in total. The van der Waals surface area contributed by atoms with Crippen molar-refractivity contribution in [1.82, 2.24) is 15.0 Å². The first-order chi connectivity index (χ1) is 15.5. The fourth-order valence-electron chi connectivity index (χ4n) is 4.21. The van der Waals surface area contributed by atoms with Crippen molar-refractivity contribution in [1.29, 1.82) is 0 Å². The highest BCUT2D eigenvalue weighted by Crippen LogP contribution is 2.39. The lowest BCUT2D eigenvalue weighted by Gasteiger charge is -2.39. The molecule has 0 bridgehead atoms. The first kappa shape index (κ1) is 20.1. The van der Waals surface area contributed by atoms with Crippen LogP contribution in [0.15, 0.2) is 72.8 Å². The number of benzene rings is 2. The molecule has 0 saturated heterocycles. The molecule has 0 spiro atoms. The fraction of sp³-hybridized carbons (Fsp3) is 0.160. The van der Waals surface area contributed by atoms with E-state index in [1.807, 2.05) is 50.3 Å². The lowest BCUT2D eigenvalue weighted by atomic mass is 9.93. The van der Waals surface area contributed by atoms with Crippen molar-refractivity contribution in [3.63, 3.8) is 0 Å². The number of aryl methyl sites for hydroxylation is 1. The van der Waals surface area contributed by atoms with Crippen LogP contribution in [-0.4, -0.2) is 26.1 Å². The Labute approximate surface area is 185 Å². The number of anilines is 2. The third-order valence-electron chi connectivity index (χ3n) is 5.72. The number of fused-ring (bicyclic) bond motifs is 2. The first-order valence-electron chi connectivity index (χ1n) is 10.4. The molecule has 0 fully saturated rings. The van der Waals surface area contributed by atoms with E-state index in [1.54, 1.807) is 23.2 Å². The Morgan fingerprint density at radius 3 is 2.75 bits per heavy atom. The summed E-state index contributed by atoms with van der Waals surface area (Å²) in [7, 11) is 0. The predicted molar refractivity (Wildman–Crippen MR) is 123 cm³/mol. The number of nitrogens with one attached hydrogen (secondary N) is 1. The quantitative estimate of drug-likeness (QED) is 0.486. The van der Waals surface area contributed by atoms with E-state index in [1.165, 1.54) is 18.5 Å². The summed E-state index contributed by atoms with van der Waals surface area (Å²) in [6, 6.07) is 15.6. The molecule has 3 heterocycles. The molecular weight excluding hydrogens is 405 g/mol. The van der Waals surface area contributed by atoms with Gasteiger partial charge in [-0.15, -0.1) is 0 Å². The van der Waals surface area contributed by atoms with Gasteiger partial charge in [0.05, 0.1) is 11.6 Å². The highest BCUT2D eigenvalue weighted by molar-refractivity contribution is 5.85. The van der Waals surface area contributed by atoms with Gasteiger partial charge in [-0.05, 0) is 61.4 Å². The van der Waals surface area contributed by atoms with E-state index in [4.69, 9.17) is 0 Å². The monoisotopic (exact) mass is 427 g/mol. The molecule has 160 valence electrons. The van der Waals surface area contributed by atoms with Gasteiger partial charge in [0, 0.05) is 23.1 Å². The fourth-order valence-corrected chi connectivity index (χ4v) is 4.21. The van der Waals surface area contributed by atoms with Crippen LogP contribution in [0.1, 0.15) is 29.8 Å². The molecule has 1 aliphatic rings. The van der Waals surface area contributed by atoms with E-state index in [9.17, 15) is 9.50 Å². The number of hydrogen-bond acceptors (Lipinski definition) is 6. The second-order valence-corrected chi connectivity index (χ2v) is 7.83. The first-order valence-corrected chi connectivity index (χ1v) is 10.4.